The first kappa shape index (κ1) is 12.5. The van der Waals surface area contributed by atoms with E-state index in [0.717, 1.165) is 32.5 Å². The minimum absolute atomic E-state index is 0.326. The highest BCUT2D eigenvalue weighted by Crippen LogP contribution is 2.20. The van der Waals surface area contributed by atoms with Crippen molar-refractivity contribution >= 4 is 5.91 Å². The van der Waals surface area contributed by atoms with E-state index in [2.05, 4.69) is 13.8 Å². The van der Waals surface area contributed by atoms with Gasteiger partial charge < -0.3 is 10.6 Å². The van der Waals surface area contributed by atoms with Crippen LogP contribution in [0, 0.1) is 11.8 Å². The van der Waals surface area contributed by atoms with Gasteiger partial charge in [-0.15, -0.1) is 0 Å². The maximum Gasteiger partial charge on any atom is 0.222 e. The quantitative estimate of drug-likeness (QED) is 0.769. The van der Waals surface area contributed by atoms with Gasteiger partial charge in [-0.2, -0.15) is 0 Å². The van der Waals surface area contributed by atoms with Crippen molar-refractivity contribution < 1.29 is 4.79 Å². The Hall–Kier alpha value is -0.570. The second-order valence-corrected chi connectivity index (χ2v) is 5.02. The molecule has 1 saturated heterocycles. The van der Waals surface area contributed by atoms with Crippen molar-refractivity contribution in [2.45, 2.75) is 39.5 Å². The summed E-state index contributed by atoms with van der Waals surface area (Å²) in [5, 5.41) is 0. The van der Waals surface area contributed by atoms with E-state index in [1.165, 1.54) is 6.42 Å². The first-order valence-electron chi connectivity index (χ1n) is 6.11. The average molecular weight is 212 g/mol. The molecule has 3 heteroatoms. The van der Waals surface area contributed by atoms with E-state index in [1.54, 1.807) is 0 Å². The molecule has 1 unspecified atom stereocenters. The number of nitrogens with two attached hydrogens (primary N) is 1. The Morgan fingerprint density at radius 3 is 2.87 bits per heavy atom. The lowest BCUT2D eigenvalue weighted by molar-refractivity contribution is -0.133. The van der Waals surface area contributed by atoms with Crippen molar-refractivity contribution in [1.82, 2.24) is 4.90 Å². The number of likely N-dealkylation sites (tertiary alicyclic amines) is 1. The van der Waals surface area contributed by atoms with Crippen LogP contribution in [0.1, 0.15) is 39.5 Å². The topological polar surface area (TPSA) is 46.3 Å². The number of hydrogen-bond acceptors (Lipinski definition) is 2. The Labute approximate surface area is 93.0 Å². The first-order chi connectivity index (χ1) is 7.13. The number of rotatable bonds is 4. The van der Waals surface area contributed by atoms with Gasteiger partial charge in [-0.25, -0.2) is 0 Å². The van der Waals surface area contributed by atoms with Gasteiger partial charge in [0.15, 0.2) is 0 Å². The normalized spacial score (nSPS) is 22.1. The monoisotopic (exact) mass is 212 g/mol. The van der Waals surface area contributed by atoms with Crippen molar-refractivity contribution in [2.24, 2.45) is 17.6 Å². The van der Waals surface area contributed by atoms with Crippen LogP contribution in [0.3, 0.4) is 0 Å². The summed E-state index contributed by atoms with van der Waals surface area (Å²) in [6.07, 6.45) is 4.14. The van der Waals surface area contributed by atoms with Gasteiger partial charge in [-0.05, 0) is 37.6 Å². The Morgan fingerprint density at radius 2 is 2.27 bits per heavy atom. The fourth-order valence-corrected chi connectivity index (χ4v) is 2.24. The molecule has 0 aromatic carbocycles. The zero-order chi connectivity index (χ0) is 11.3. The van der Waals surface area contributed by atoms with Crippen LogP contribution in [0.25, 0.3) is 0 Å². The maximum absolute atomic E-state index is 11.9. The van der Waals surface area contributed by atoms with E-state index in [1.807, 2.05) is 4.90 Å². The highest BCUT2D eigenvalue weighted by atomic mass is 16.2. The molecule has 0 saturated carbocycles. The lowest BCUT2D eigenvalue weighted by atomic mass is 9.94. The molecule has 3 nitrogen and oxygen atoms in total. The van der Waals surface area contributed by atoms with Crippen molar-refractivity contribution in [1.29, 1.82) is 0 Å². The molecular formula is C12H24N2O. The van der Waals surface area contributed by atoms with Gasteiger partial charge in [-0.1, -0.05) is 13.8 Å². The summed E-state index contributed by atoms with van der Waals surface area (Å²) < 4.78 is 0. The largest absolute Gasteiger partial charge is 0.342 e. The predicted molar refractivity (Wildman–Crippen MR) is 62.4 cm³/mol. The van der Waals surface area contributed by atoms with Crippen LogP contribution in [0.15, 0.2) is 0 Å². The molecule has 1 heterocycles. The van der Waals surface area contributed by atoms with Crippen LogP contribution in [0.5, 0.6) is 0 Å². The maximum atomic E-state index is 11.9. The average Bonchev–Trinajstić information content (AvgIpc) is 2.17. The van der Waals surface area contributed by atoms with E-state index < -0.39 is 0 Å². The molecule has 0 aromatic rings. The third-order valence-electron chi connectivity index (χ3n) is 3.03. The standard InChI is InChI=1S/C12H24N2O/c1-10(2)8-12(15)14-7-3-4-11(9-14)5-6-13/h10-11H,3-9,13H2,1-2H3. The third-order valence-corrected chi connectivity index (χ3v) is 3.03. The Morgan fingerprint density at radius 1 is 1.53 bits per heavy atom. The molecule has 0 spiro atoms. The highest BCUT2D eigenvalue weighted by molar-refractivity contribution is 5.76. The number of hydrogen-bond donors (Lipinski definition) is 1. The van der Waals surface area contributed by atoms with E-state index in [-0.39, 0.29) is 0 Å². The number of carbonyl (C=O) groups is 1. The van der Waals surface area contributed by atoms with Crippen LogP contribution >= 0.6 is 0 Å². The summed E-state index contributed by atoms with van der Waals surface area (Å²) in [4.78, 5) is 13.9. The molecule has 1 rings (SSSR count). The summed E-state index contributed by atoms with van der Waals surface area (Å²) in [5.41, 5.74) is 5.56. The molecule has 1 amide bonds. The summed E-state index contributed by atoms with van der Waals surface area (Å²) in [6.45, 7) is 6.82. The molecule has 15 heavy (non-hydrogen) atoms. The van der Waals surface area contributed by atoms with E-state index in [9.17, 15) is 4.79 Å². The van der Waals surface area contributed by atoms with Gasteiger partial charge in [0.1, 0.15) is 0 Å². The zero-order valence-electron chi connectivity index (χ0n) is 10.0. The van der Waals surface area contributed by atoms with Crippen molar-refractivity contribution in [3.8, 4) is 0 Å². The van der Waals surface area contributed by atoms with Crippen LogP contribution in [0.2, 0.25) is 0 Å². The number of piperidine rings is 1. The number of amides is 1. The summed E-state index contributed by atoms with van der Waals surface area (Å²) in [6, 6.07) is 0. The van der Waals surface area contributed by atoms with E-state index in [0.29, 0.717) is 24.2 Å². The fraction of sp³-hybridized carbons (Fsp3) is 0.917. The first-order valence-corrected chi connectivity index (χ1v) is 6.11. The van der Waals surface area contributed by atoms with Gasteiger partial charge in [0.2, 0.25) is 5.91 Å². The van der Waals surface area contributed by atoms with Crippen molar-refractivity contribution in [3.05, 3.63) is 0 Å². The predicted octanol–water partition coefficient (Wildman–Crippen LogP) is 1.62. The second kappa shape index (κ2) is 6.11. The smallest absolute Gasteiger partial charge is 0.222 e. The Kier molecular flexibility index (Phi) is 5.09. The second-order valence-electron chi connectivity index (χ2n) is 5.02. The van der Waals surface area contributed by atoms with Crippen molar-refractivity contribution in [3.63, 3.8) is 0 Å². The van der Waals surface area contributed by atoms with Gasteiger partial charge in [0.25, 0.3) is 0 Å². The SMILES string of the molecule is CC(C)CC(=O)N1CCCC(CCN)C1. The highest BCUT2D eigenvalue weighted by Gasteiger charge is 2.23. The minimum atomic E-state index is 0.326. The van der Waals surface area contributed by atoms with E-state index in [4.69, 9.17) is 5.73 Å². The molecule has 1 atom stereocenters. The molecule has 88 valence electrons. The molecule has 0 radical (unpaired) electrons. The van der Waals surface area contributed by atoms with Crippen LogP contribution in [0.4, 0.5) is 0 Å². The van der Waals surface area contributed by atoms with Crippen LogP contribution in [-0.2, 0) is 4.79 Å². The minimum Gasteiger partial charge on any atom is -0.342 e. The lowest BCUT2D eigenvalue weighted by Crippen LogP contribution is -2.40. The number of nitrogens with zero attached hydrogens (tertiary/aromatic N) is 1. The molecule has 0 bridgehead atoms. The van der Waals surface area contributed by atoms with Gasteiger partial charge in [0, 0.05) is 19.5 Å². The van der Waals surface area contributed by atoms with Crippen LogP contribution < -0.4 is 5.73 Å². The molecule has 0 aromatic heterocycles. The third kappa shape index (κ3) is 4.20. The fourth-order valence-electron chi connectivity index (χ4n) is 2.24. The summed E-state index contributed by atoms with van der Waals surface area (Å²) >= 11 is 0. The molecular weight excluding hydrogens is 188 g/mol. The Balaban J connectivity index is 2.38. The van der Waals surface area contributed by atoms with Crippen LogP contribution in [-0.4, -0.2) is 30.4 Å². The zero-order valence-corrected chi connectivity index (χ0v) is 10.0. The summed E-state index contributed by atoms with van der Waals surface area (Å²) in [7, 11) is 0. The van der Waals surface area contributed by atoms with Crippen molar-refractivity contribution in [2.75, 3.05) is 19.6 Å². The van der Waals surface area contributed by atoms with Gasteiger partial charge in [-0.3, -0.25) is 4.79 Å². The van der Waals surface area contributed by atoms with Gasteiger partial charge >= 0.3 is 0 Å². The lowest BCUT2D eigenvalue weighted by Gasteiger charge is -2.33. The number of carbonyl (C=O) groups excluding carboxylic acids is 1. The Bertz CT molecular complexity index is 202. The molecule has 2 N–H and O–H groups in total. The summed E-state index contributed by atoms with van der Waals surface area (Å²) in [5.74, 6) is 1.43. The molecule has 1 fully saturated rings. The van der Waals surface area contributed by atoms with Gasteiger partial charge in [0.05, 0.1) is 0 Å². The van der Waals surface area contributed by atoms with E-state index >= 15 is 0 Å². The molecule has 1 aliphatic heterocycles. The molecule has 1 aliphatic rings. The molecule has 0 aliphatic carbocycles.